The van der Waals surface area contributed by atoms with E-state index in [-0.39, 0.29) is 5.92 Å². The molecule has 1 amide bonds. The molecule has 1 aromatic carbocycles. The van der Waals surface area contributed by atoms with Crippen LogP contribution in [-0.2, 0) is 17.5 Å². The van der Waals surface area contributed by atoms with E-state index in [1.54, 1.807) is 0 Å². The van der Waals surface area contributed by atoms with Crippen LogP contribution in [0, 0.1) is 5.92 Å². The molecule has 1 aliphatic rings. The van der Waals surface area contributed by atoms with E-state index in [0.717, 1.165) is 16.2 Å². The summed E-state index contributed by atoms with van der Waals surface area (Å²) in [5.74, 6) is -0.406. The zero-order valence-corrected chi connectivity index (χ0v) is 15.1. The van der Waals surface area contributed by atoms with Crippen molar-refractivity contribution in [1.82, 2.24) is 9.47 Å². The number of aliphatic hydroxyl groups is 1. The number of aliphatic hydroxyl groups excluding tert-OH is 1. The van der Waals surface area contributed by atoms with Crippen molar-refractivity contribution in [1.29, 1.82) is 0 Å². The Labute approximate surface area is 160 Å². The van der Waals surface area contributed by atoms with Gasteiger partial charge in [0.1, 0.15) is 6.54 Å². The average molecular weight is 394 g/mol. The van der Waals surface area contributed by atoms with Gasteiger partial charge in [-0.2, -0.15) is 13.2 Å². The molecule has 2 aromatic rings. The first-order valence-corrected chi connectivity index (χ1v) is 9.04. The molecular formula is C20H21F3N2O3. The van der Waals surface area contributed by atoms with Crippen molar-refractivity contribution >= 4 is 5.91 Å². The van der Waals surface area contributed by atoms with Crippen molar-refractivity contribution in [3.05, 3.63) is 70.1 Å². The van der Waals surface area contributed by atoms with Crippen LogP contribution in [0.5, 0.6) is 0 Å². The summed E-state index contributed by atoms with van der Waals surface area (Å²) in [5, 5.41) is 10.5. The maximum absolute atomic E-state index is 12.8. The first kappa shape index (κ1) is 20.1. The quantitative estimate of drug-likeness (QED) is 0.868. The molecule has 1 aliphatic heterocycles. The summed E-state index contributed by atoms with van der Waals surface area (Å²) in [6, 6.07) is 10.8. The Morgan fingerprint density at radius 1 is 1.11 bits per heavy atom. The Balaban J connectivity index is 1.61. The monoisotopic (exact) mass is 394 g/mol. The highest BCUT2D eigenvalue weighted by atomic mass is 19.4. The number of pyridine rings is 1. The Bertz CT molecular complexity index is 872. The van der Waals surface area contributed by atoms with Crippen LogP contribution in [0.1, 0.15) is 30.1 Å². The molecule has 0 spiro atoms. The molecule has 8 heteroatoms. The van der Waals surface area contributed by atoms with Gasteiger partial charge in [0, 0.05) is 25.4 Å². The molecule has 0 aliphatic carbocycles. The molecule has 150 valence electrons. The Morgan fingerprint density at radius 3 is 2.36 bits per heavy atom. The van der Waals surface area contributed by atoms with Crippen LogP contribution in [0.3, 0.4) is 0 Å². The smallest absolute Gasteiger partial charge is 0.388 e. The van der Waals surface area contributed by atoms with Crippen LogP contribution >= 0.6 is 0 Å². The third-order valence-electron chi connectivity index (χ3n) is 5.10. The van der Waals surface area contributed by atoms with E-state index in [1.165, 1.54) is 4.90 Å². The van der Waals surface area contributed by atoms with E-state index < -0.39 is 35.9 Å². The summed E-state index contributed by atoms with van der Waals surface area (Å²) in [6.45, 7) is 0.344. The van der Waals surface area contributed by atoms with Gasteiger partial charge in [0.15, 0.2) is 0 Å². The summed E-state index contributed by atoms with van der Waals surface area (Å²) in [4.78, 5) is 25.8. The summed E-state index contributed by atoms with van der Waals surface area (Å²) in [6.07, 6.45) is -3.36. The number of benzene rings is 1. The molecule has 3 rings (SSSR count). The minimum atomic E-state index is -4.58. The van der Waals surface area contributed by atoms with Crippen LogP contribution in [0.25, 0.3) is 0 Å². The Hall–Kier alpha value is -2.61. The largest absolute Gasteiger partial charge is 0.417 e. The van der Waals surface area contributed by atoms with Crippen molar-refractivity contribution in [3.8, 4) is 0 Å². The van der Waals surface area contributed by atoms with Crippen molar-refractivity contribution in [2.24, 2.45) is 5.92 Å². The first-order valence-electron chi connectivity index (χ1n) is 9.04. The van der Waals surface area contributed by atoms with E-state index in [1.807, 2.05) is 30.3 Å². The number of alkyl halides is 3. The average Bonchev–Trinajstić information content (AvgIpc) is 2.69. The molecule has 0 saturated carbocycles. The number of carbonyl (C=O) groups excluding carboxylic acids is 1. The maximum Gasteiger partial charge on any atom is 0.417 e. The van der Waals surface area contributed by atoms with E-state index in [4.69, 9.17) is 0 Å². The van der Waals surface area contributed by atoms with Gasteiger partial charge in [0.2, 0.25) is 5.91 Å². The minimum absolute atomic E-state index is 0.00253. The lowest BCUT2D eigenvalue weighted by Gasteiger charge is -2.34. The summed E-state index contributed by atoms with van der Waals surface area (Å²) in [7, 11) is 0. The standard InChI is InChI=1S/C20H21F3N2O3/c21-20(22,23)16-6-7-17(26)25(12-16)13-18(27)24-10-8-15(9-11-24)19(28)14-4-2-1-3-5-14/h1-7,12,15,19,28H,8-11,13H2. The SMILES string of the molecule is O=C(Cn1cc(C(F)(F)F)ccc1=O)N1CCC(C(O)c2ccccc2)CC1. The fourth-order valence-electron chi connectivity index (χ4n) is 3.46. The van der Waals surface area contributed by atoms with E-state index >= 15 is 0 Å². The van der Waals surface area contributed by atoms with Gasteiger partial charge in [0.05, 0.1) is 11.7 Å². The highest BCUT2D eigenvalue weighted by molar-refractivity contribution is 5.76. The molecule has 0 bridgehead atoms. The van der Waals surface area contributed by atoms with E-state index in [2.05, 4.69) is 0 Å². The summed E-state index contributed by atoms with van der Waals surface area (Å²) >= 11 is 0. The Kier molecular flexibility index (Phi) is 5.88. The van der Waals surface area contributed by atoms with Crippen molar-refractivity contribution in [2.75, 3.05) is 13.1 Å². The number of hydrogen-bond donors (Lipinski definition) is 1. The molecule has 28 heavy (non-hydrogen) atoms. The van der Waals surface area contributed by atoms with Crippen LogP contribution in [0.4, 0.5) is 13.2 Å². The van der Waals surface area contributed by atoms with Gasteiger partial charge in [-0.3, -0.25) is 9.59 Å². The van der Waals surface area contributed by atoms with Gasteiger partial charge in [0.25, 0.3) is 5.56 Å². The number of piperidine rings is 1. The van der Waals surface area contributed by atoms with Crippen LogP contribution in [0.2, 0.25) is 0 Å². The van der Waals surface area contributed by atoms with Gasteiger partial charge in [-0.05, 0) is 30.4 Å². The number of amides is 1. The van der Waals surface area contributed by atoms with Crippen molar-refractivity contribution < 1.29 is 23.1 Å². The topological polar surface area (TPSA) is 62.5 Å². The number of likely N-dealkylation sites (tertiary alicyclic amines) is 1. The molecule has 1 fully saturated rings. The zero-order chi connectivity index (χ0) is 20.3. The zero-order valence-electron chi connectivity index (χ0n) is 15.1. The number of nitrogens with zero attached hydrogens (tertiary/aromatic N) is 2. The second-order valence-corrected chi connectivity index (χ2v) is 6.96. The second kappa shape index (κ2) is 8.18. The molecule has 5 nitrogen and oxygen atoms in total. The third-order valence-corrected chi connectivity index (χ3v) is 5.10. The number of carbonyl (C=O) groups is 1. The molecule has 1 atom stereocenters. The number of halogens is 3. The third kappa shape index (κ3) is 4.62. The predicted octanol–water partition coefficient (Wildman–Crippen LogP) is 2.84. The van der Waals surface area contributed by atoms with Gasteiger partial charge >= 0.3 is 6.18 Å². The first-order chi connectivity index (χ1) is 13.3. The van der Waals surface area contributed by atoms with Crippen molar-refractivity contribution in [3.63, 3.8) is 0 Å². The second-order valence-electron chi connectivity index (χ2n) is 6.96. The van der Waals surface area contributed by atoms with Gasteiger partial charge in [-0.25, -0.2) is 0 Å². The fourth-order valence-corrected chi connectivity index (χ4v) is 3.46. The molecule has 1 N–H and O–H groups in total. The molecular weight excluding hydrogens is 373 g/mol. The predicted molar refractivity (Wildman–Crippen MR) is 96.4 cm³/mol. The molecule has 1 unspecified atom stereocenters. The molecule has 1 saturated heterocycles. The summed E-state index contributed by atoms with van der Waals surface area (Å²) < 4.78 is 39.2. The normalized spacial score (nSPS) is 16.8. The van der Waals surface area contributed by atoms with Crippen LogP contribution in [0.15, 0.2) is 53.5 Å². The highest BCUT2D eigenvalue weighted by Crippen LogP contribution is 2.31. The Morgan fingerprint density at radius 2 is 1.75 bits per heavy atom. The van der Waals surface area contributed by atoms with Crippen LogP contribution in [-0.4, -0.2) is 33.6 Å². The van der Waals surface area contributed by atoms with Gasteiger partial charge < -0.3 is 14.6 Å². The van der Waals surface area contributed by atoms with Gasteiger partial charge in [-0.15, -0.1) is 0 Å². The molecule has 0 radical (unpaired) electrons. The van der Waals surface area contributed by atoms with Crippen LogP contribution < -0.4 is 5.56 Å². The lowest BCUT2D eigenvalue weighted by Crippen LogP contribution is -2.42. The molecule has 1 aromatic heterocycles. The highest BCUT2D eigenvalue weighted by Gasteiger charge is 2.32. The van der Waals surface area contributed by atoms with Crippen molar-refractivity contribution in [2.45, 2.75) is 31.7 Å². The van der Waals surface area contributed by atoms with E-state index in [0.29, 0.717) is 38.2 Å². The van der Waals surface area contributed by atoms with Gasteiger partial charge in [-0.1, -0.05) is 30.3 Å². The number of hydrogen-bond acceptors (Lipinski definition) is 3. The maximum atomic E-state index is 12.8. The number of aromatic nitrogens is 1. The minimum Gasteiger partial charge on any atom is -0.388 e. The fraction of sp³-hybridized carbons (Fsp3) is 0.400. The lowest BCUT2D eigenvalue weighted by atomic mass is 9.87. The number of rotatable bonds is 4. The van der Waals surface area contributed by atoms with E-state index in [9.17, 15) is 27.9 Å². The lowest BCUT2D eigenvalue weighted by molar-refractivity contribution is -0.139. The summed E-state index contributed by atoms with van der Waals surface area (Å²) in [5.41, 5.74) is -0.803. The molecule has 2 heterocycles.